The first-order chi connectivity index (χ1) is 8.70. The van der Waals surface area contributed by atoms with Crippen molar-refractivity contribution in [2.75, 3.05) is 17.2 Å². The molecule has 0 aliphatic carbocycles. The number of thiazole rings is 1. The first-order valence-corrected chi connectivity index (χ1v) is 7.09. The van der Waals surface area contributed by atoms with Crippen LogP contribution in [-0.2, 0) is 6.54 Å². The summed E-state index contributed by atoms with van der Waals surface area (Å²) >= 11 is 1.70. The fourth-order valence-electron chi connectivity index (χ4n) is 1.88. The minimum absolute atomic E-state index is 0.827. The molecule has 0 amide bonds. The maximum absolute atomic E-state index is 6.00. The molecule has 0 spiro atoms. The van der Waals surface area contributed by atoms with E-state index in [4.69, 9.17) is 5.73 Å². The van der Waals surface area contributed by atoms with Gasteiger partial charge in [-0.3, -0.25) is 0 Å². The van der Waals surface area contributed by atoms with Crippen LogP contribution in [0.25, 0.3) is 0 Å². The van der Waals surface area contributed by atoms with Crippen molar-refractivity contribution in [3.63, 3.8) is 0 Å². The van der Waals surface area contributed by atoms with Crippen molar-refractivity contribution < 1.29 is 0 Å². The van der Waals surface area contributed by atoms with Crippen LogP contribution in [0.5, 0.6) is 0 Å². The van der Waals surface area contributed by atoms with Gasteiger partial charge in [-0.1, -0.05) is 25.1 Å². The van der Waals surface area contributed by atoms with Crippen LogP contribution in [0.15, 0.2) is 29.6 Å². The Bertz CT molecular complexity index is 507. The smallest absolute Gasteiger partial charge is 0.185 e. The van der Waals surface area contributed by atoms with Gasteiger partial charge >= 0.3 is 0 Å². The highest BCUT2D eigenvalue weighted by Gasteiger charge is 2.11. The van der Waals surface area contributed by atoms with Gasteiger partial charge in [0.1, 0.15) is 0 Å². The van der Waals surface area contributed by atoms with E-state index in [1.165, 1.54) is 5.56 Å². The second-order valence-electron chi connectivity index (χ2n) is 4.39. The lowest BCUT2D eigenvalue weighted by atomic mass is 10.1. The first-order valence-electron chi connectivity index (χ1n) is 6.21. The number of anilines is 2. The van der Waals surface area contributed by atoms with E-state index in [-0.39, 0.29) is 0 Å². The number of nitrogens with zero attached hydrogens (tertiary/aromatic N) is 2. The van der Waals surface area contributed by atoms with E-state index >= 15 is 0 Å². The highest BCUT2D eigenvalue weighted by atomic mass is 32.1. The maximum Gasteiger partial charge on any atom is 0.185 e. The number of nitrogen functional groups attached to an aromatic ring is 1. The molecule has 0 saturated carbocycles. The van der Waals surface area contributed by atoms with Gasteiger partial charge in [0.2, 0.25) is 0 Å². The zero-order valence-electron chi connectivity index (χ0n) is 10.9. The fourth-order valence-corrected chi connectivity index (χ4v) is 2.71. The number of para-hydroxylation sites is 1. The highest BCUT2D eigenvalue weighted by molar-refractivity contribution is 7.13. The molecule has 0 bridgehead atoms. The molecule has 18 heavy (non-hydrogen) atoms. The van der Waals surface area contributed by atoms with Crippen molar-refractivity contribution in [1.29, 1.82) is 0 Å². The highest BCUT2D eigenvalue weighted by Crippen LogP contribution is 2.24. The molecule has 0 atom stereocenters. The summed E-state index contributed by atoms with van der Waals surface area (Å²) in [6.45, 7) is 6.04. The number of aryl methyl sites for hydroxylation is 1. The Labute approximate surface area is 112 Å². The third kappa shape index (κ3) is 3.01. The molecule has 1 aromatic heterocycles. The van der Waals surface area contributed by atoms with Crippen LogP contribution in [0.1, 0.15) is 24.6 Å². The van der Waals surface area contributed by atoms with Gasteiger partial charge in [-0.25, -0.2) is 4.98 Å². The third-order valence-corrected chi connectivity index (χ3v) is 3.81. The Morgan fingerprint density at radius 2 is 2.11 bits per heavy atom. The molecule has 0 aliphatic heterocycles. The number of benzene rings is 1. The summed E-state index contributed by atoms with van der Waals surface area (Å²) in [5.74, 6) is 0. The van der Waals surface area contributed by atoms with Crippen molar-refractivity contribution in [3.8, 4) is 0 Å². The molecule has 2 N–H and O–H groups in total. The SMILES string of the molecule is CCCN(Cc1ccccc1N)c1nc(C)cs1. The monoisotopic (exact) mass is 261 g/mol. The Morgan fingerprint density at radius 3 is 2.72 bits per heavy atom. The Hall–Kier alpha value is -1.55. The molecule has 1 aromatic carbocycles. The van der Waals surface area contributed by atoms with Crippen LogP contribution in [0, 0.1) is 6.92 Å². The van der Waals surface area contributed by atoms with Gasteiger partial charge in [0, 0.05) is 24.2 Å². The van der Waals surface area contributed by atoms with E-state index in [9.17, 15) is 0 Å². The summed E-state index contributed by atoms with van der Waals surface area (Å²) in [7, 11) is 0. The average molecular weight is 261 g/mol. The summed E-state index contributed by atoms with van der Waals surface area (Å²) in [5, 5.41) is 3.17. The minimum Gasteiger partial charge on any atom is -0.398 e. The molecular formula is C14H19N3S. The molecule has 0 fully saturated rings. The predicted octanol–water partition coefficient (Wildman–Crippen LogP) is 3.45. The van der Waals surface area contributed by atoms with E-state index < -0.39 is 0 Å². The quantitative estimate of drug-likeness (QED) is 0.838. The third-order valence-electron chi connectivity index (χ3n) is 2.79. The van der Waals surface area contributed by atoms with E-state index in [0.29, 0.717) is 0 Å². The van der Waals surface area contributed by atoms with Crippen molar-refractivity contribution in [3.05, 3.63) is 40.9 Å². The number of rotatable bonds is 5. The molecule has 1 heterocycles. The van der Waals surface area contributed by atoms with Crippen LogP contribution in [0.2, 0.25) is 0 Å². The van der Waals surface area contributed by atoms with Crippen LogP contribution >= 0.6 is 11.3 Å². The standard InChI is InChI=1S/C14H19N3S/c1-3-8-17(14-16-11(2)10-18-14)9-12-6-4-5-7-13(12)15/h4-7,10H,3,8-9,15H2,1-2H3. The van der Waals surface area contributed by atoms with E-state index in [1.807, 2.05) is 25.1 Å². The van der Waals surface area contributed by atoms with Gasteiger partial charge in [-0.15, -0.1) is 11.3 Å². The van der Waals surface area contributed by atoms with Gasteiger partial charge in [0.15, 0.2) is 5.13 Å². The molecule has 0 unspecified atom stereocenters. The van der Waals surface area contributed by atoms with E-state index in [1.54, 1.807) is 11.3 Å². The zero-order valence-corrected chi connectivity index (χ0v) is 11.7. The number of hydrogen-bond acceptors (Lipinski definition) is 4. The van der Waals surface area contributed by atoms with Crippen molar-refractivity contribution in [2.45, 2.75) is 26.8 Å². The molecule has 2 rings (SSSR count). The molecule has 0 aliphatic rings. The number of nitrogens with two attached hydrogens (primary N) is 1. The van der Waals surface area contributed by atoms with E-state index in [2.05, 4.69) is 28.3 Å². The van der Waals surface area contributed by atoms with E-state index in [0.717, 1.165) is 36.0 Å². The maximum atomic E-state index is 6.00. The van der Waals surface area contributed by atoms with Gasteiger partial charge < -0.3 is 10.6 Å². The largest absolute Gasteiger partial charge is 0.398 e. The van der Waals surface area contributed by atoms with Gasteiger partial charge in [-0.2, -0.15) is 0 Å². The summed E-state index contributed by atoms with van der Waals surface area (Å²) in [4.78, 5) is 6.85. The normalized spacial score (nSPS) is 10.6. The first kappa shape index (κ1) is 12.9. The summed E-state index contributed by atoms with van der Waals surface area (Å²) in [6.07, 6.45) is 1.10. The lowest BCUT2D eigenvalue weighted by Gasteiger charge is -2.22. The Kier molecular flexibility index (Phi) is 4.20. The average Bonchev–Trinajstić information content (AvgIpc) is 2.78. The van der Waals surface area contributed by atoms with Crippen molar-refractivity contribution in [1.82, 2.24) is 4.98 Å². The second-order valence-corrected chi connectivity index (χ2v) is 5.23. The van der Waals surface area contributed by atoms with Crippen LogP contribution in [-0.4, -0.2) is 11.5 Å². The predicted molar refractivity (Wildman–Crippen MR) is 79.0 cm³/mol. The Balaban J connectivity index is 2.19. The fraction of sp³-hybridized carbons (Fsp3) is 0.357. The van der Waals surface area contributed by atoms with Crippen molar-refractivity contribution >= 4 is 22.2 Å². The number of hydrogen-bond donors (Lipinski definition) is 1. The lowest BCUT2D eigenvalue weighted by molar-refractivity contribution is 0.764. The molecule has 96 valence electrons. The topological polar surface area (TPSA) is 42.1 Å². The van der Waals surface area contributed by atoms with Gasteiger partial charge in [-0.05, 0) is 25.0 Å². The molecule has 0 radical (unpaired) electrons. The minimum atomic E-state index is 0.827. The number of aromatic nitrogens is 1. The van der Waals surface area contributed by atoms with Gasteiger partial charge in [0.05, 0.1) is 5.69 Å². The second kappa shape index (κ2) is 5.87. The summed E-state index contributed by atoms with van der Waals surface area (Å²) in [6, 6.07) is 8.03. The van der Waals surface area contributed by atoms with Crippen LogP contribution < -0.4 is 10.6 Å². The zero-order chi connectivity index (χ0) is 13.0. The molecule has 3 nitrogen and oxygen atoms in total. The summed E-state index contributed by atoms with van der Waals surface area (Å²) in [5.41, 5.74) is 9.10. The van der Waals surface area contributed by atoms with Crippen LogP contribution in [0.3, 0.4) is 0 Å². The molecule has 4 heteroatoms. The van der Waals surface area contributed by atoms with Gasteiger partial charge in [0.25, 0.3) is 0 Å². The van der Waals surface area contributed by atoms with Crippen LogP contribution in [0.4, 0.5) is 10.8 Å². The molecule has 0 saturated heterocycles. The molecule has 2 aromatic rings. The van der Waals surface area contributed by atoms with Crippen molar-refractivity contribution in [2.24, 2.45) is 0 Å². The molecular weight excluding hydrogens is 242 g/mol. The lowest BCUT2D eigenvalue weighted by Crippen LogP contribution is -2.23. The Morgan fingerprint density at radius 1 is 1.33 bits per heavy atom. The summed E-state index contributed by atoms with van der Waals surface area (Å²) < 4.78 is 0.